The van der Waals surface area contributed by atoms with Crippen LogP contribution in [0.2, 0.25) is 0 Å². The van der Waals surface area contributed by atoms with Gasteiger partial charge in [0, 0.05) is 21.6 Å². The van der Waals surface area contributed by atoms with Gasteiger partial charge < -0.3 is 4.98 Å². The molecule has 1 aliphatic carbocycles. The summed E-state index contributed by atoms with van der Waals surface area (Å²) < 4.78 is 14.3. The summed E-state index contributed by atoms with van der Waals surface area (Å²) in [5, 5.41) is 0.399. The van der Waals surface area contributed by atoms with Gasteiger partial charge in [-0.25, -0.2) is 4.39 Å². The van der Waals surface area contributed by atoms with E-state index < -0.39 is 0 Å². The first-order chi connectivity index (χ1) is 7.65. The van der Waals surface area contributed by atoms with Crippen molar-refractivity contribution >= 4 is 26.8 Å². The lowest BCUT2D eigenvalue weighted by atomic mass is 10.1. The summed E-state index contributed by atoms with van der Waals surface area (Å²) in [5.41, 5.74) is 1.06. The molecule has 4 heteroatoms. The van der Waals surface area contributed by atoms with E-state index in [9.17, 15) is 9.18 Å². The number of benzene rings is 1. The third kappa shape index (κ3) is 1.57. The molecule has 2 aromatic rings. The van der Waals surface area contributed by atoms with Crippen molar-refractivity contribution in [2.75, 3.05) is 0 Å². The lowest BCUT2D eigenvalue weighted by Gasteiger charge is -2.04. The number of pyridine rings is 1. The highest BCUT2D eigenvalue weighted by molar-refractivity contribution is 9.10. The van der Waals surface area contributed by atoms with Crippen molar-refractivity contribution < 1.29 is 4.39 Å². The topological polar surface area (TPSA) is 32.9 Å². The maximum atomic E-state index is 13.7. The second-order valence-electron chi connectivity index (χ2n) is 4.17. The molecule has 0 unspecified atom stereocenters. The van der Waals surface area contributed by atoms with Crippen LogP contribution in [0.3, 0.4) is 0 Å². The van der Waals surface area contributed by atoms with Gasteiger partial charge in [0.1, 0.15) is 5.82 Å². The van der Waals surface area contributed by atoms with Crippen molar-refractivity contribution in [2.24, 2.45) is 0 Å². The van der Waals surface area contributed by atoms with E-state index in [2.05, 4.69) is 20.9 Å². The first kappa shape index (κ1) is 10.0. The average Bonchev–Trinajstić information content (AvgIpc) is 3.02. The molecule has 1 fully saturated rings. The van der Waals surface area contributed by atoms with Gasteiger partial charge in [-0.3, -0.25) is 4.79 Å². The van der Waals surface area contributed by atoms with Crippen LogP contribution in [0.4, 0.5) is 4.39 Å². The zero-order valence-corrected chi connectivity index (χ0v) is 9.97. The Morgan fingerprint density at radius 2 is 2.06 bits per heavy atom. The zero-order valence-electron chi connectivity index (χ0n) is 8.39. The Morgan fingerprint density at radius 3 is 2.75 bits per heavy atom. The monoisotopic (exact) mass is 281 g/mol. The number of aromatic amines is 1. The molecule has 1 heterocycles. The number of nitrogens with one attached hydrogen (secondary N) is 1. The van der Waals surface area contributed by atoms with E-state index in [1.807, 2.05) is 0 Å². The van der Waals surface area contributed by atoms with Crippen LogP contribution in [0.15, 0.2) is 27.5 Å². The van der Waals surface area contributed by atoms with Gasteiger partial charge in [-0.15, -0.1) is 0 Å². The molecule has 0 bridgehead atoms. The van der Waals surface area contributed by atoms with E-state index in [1.165, 1.54) is 6.07 Å². The molecule has 1 aromatic heterocycles. The predicted octanol–water partition coefficient (Wildman–Crippen LogP) is 3.31. The quantitative estimate of drug-likeness (QED) is 0.855. The van der Waals surface area contributed by atoms with Gasteiger partial charge in [0.2, 0.25) is 0 Å². The zero-order chi connectivity index (χ0) is 11.3. The minimum atomic E-state index is -0.385. The van der Waals surface area contributed by atoms with Gasteiger partial charge in [-0.1, -0.05) is 15.9 Å². The highest BCUT2D eigenvalue weighted by atomic mass is 79.9. The Kier molecular flexibility index (Phi) is 2.14. The SMILES string of the molecule is O=c1cc(C2CC2)[nH]c2c(F)cc(Br)cc12. The lowest BCUT2D eigenvalue weighted by molar-refractivity contribution is 0.635. The summed E-state index contributed by atoms with van der Waals surface area (Å²) in [6.07, 6.45) is 2.17. The summed E-state index contributed by atoms with van der Waals surface area (Å²) >= 11 is 3.18. The normalized spacial score (nSPS) is 15.6. The number of H-pyrrole nitrogens is 1. The Bertz CT molecular complexity index is 631. The van der Waals surface area contributed by atoms with Crippen molar-refractivity contribution in [2.45, 2.75) is 18.8 Å². The molecule has 0 radical (unpaired) electrons. The summed E-state index contributed by atoms with van der Waals surface area (Å²) in [4.78, 5) is 14.9. The Morgan fingerprint density at radius 1 is 1.31 bits per heavy atom. The Balaban J connectivity index is 2.37. The van der Waals surface area contributed by atoms with Crippen molar-refractivity contribution in [3.63, 3.8) is 0 Å². The third-order valence-electron chi connectivity index (χ3n) is 2.89. The third-order valence-corrected chi connectivity index (χ3v) is 3.35. The molecule has 3 rings (SSSR count). The van der Waals surface area contributed by atoms with Crippen molar-refractivity contribution in [3.8, 4) is 0 Å². The van der Waals surface area contributed by atoms with E-state index >= 15 is 0 Å². The van der Waals surface area contributed by atoms with Crippen LogP contribution in [0, 0.1) is 5.82 Å². The van der Waals surface area contributed by atoms with Crippen LogP contribution in [-0.2, 0) is 0 Å². The first-order valence-corrected chi connectivity index (χ1v) is 5.96. The fourth-order valence-electron chi connectivity index (χ4n) is 1.91. The molecule has 1 saturated carbocycles. The molecular weight excluding hydrogens is 273 g/mol. The van der Waals surface area contributed by atoms with Crippen LogP contribution in [-0.4, -0.2) is 4.98 Å². The van der Waals surface area contributed by atoms with E-state index in [1.54, 1.807) is 12.1 Å². The number of halogens is 2. The van der Waals surface area contributed by atoms with Gasteiger partial charge in [0.25, 0.3) is 0 Å². The molecule has 0 aliphatic heterocycles. The van der Waals surface area contributed by atoms with E-state index in [0.717, 1.165) is 18.5 Å². The molecule has 82 valence electrons. The second kappa shape index (κ2) is 3.42. The smallest absolute Gasteiger partial charge is 0.189 e. The van der Waals surface area contributed by atoms with Gasteiger partial charge in [-0.05, 0) is 30.9 Å². The Labute approximate surface area is 99.6 Å². The number of hydrogen-bond donors (Lipinski definition) is 1. The fraction of sp³-hybridized carbons (Fsp3) is 0.250. The van der Waals surface area contributed by atoms with E-state index in [0.29, 0.717) is 21.3 Å². The Hall–Kier alpha value is -1.16. The fourth-order valence-corrected chi connectivity index (χ4v) is 2.34. The molecule has 1 aromatic carbocycles. The highest BCUT2D eigenvalue weighted by Gasteiger charge is 2.25. The van der Waals surface area contributed by atoms with Gasteiger partial charge >= 0.3 is 0 Å². The first-order valence-electron chi connectivity index (χ1n) is 5.17. The average molecular weight is 282 g/mol. The van der Waals surface area contributed by atoms with Crippen LogP contribution in [0.5, 0.6) is 0 Å². The molecule has 1 aliphatic rings. The molecule has 0 saturated heterocycles. The molecule has 1 N–H and O–H groups in total. The van der Waals surface area contributed by atoms with Crippen LogP contribution in [0.1, 0.15) is 24.5 Å². The molecular formula is C12H9BrFNO. The maximum absolute atomic E-state index is 13.7. The van der Waals surface area contributed by atoms with E-state index in [-0.39, 0.29) is 11.2 Å². The molecule has 16 heavy (non-hydrogen) atoms. The van der Waals surface area contributed by atoms with Gasteiger partial charge in [-0.2, -0.15) is 0 Å². The van der Waals surface area contributed by atoms with Crippen LogP contribution in [0.25, 0.3) is 10.9 Å². The summed E-state index contributed by atoms with van der Waals surface area (Å²) in [5.74, 6) is 0.0316. The lowest BCUT2D eigenvalue weighted by Crippen LogP contribution is -2.05. The van der Waals surface area contributed by atoms with Gasteiger partial charge in [0.15, 0.2) is 5.43 Å². The number of hydrogen-bond acceptors (Lipinski definition) is 1. The van der Waals surface area contributed by atoms with E-state index in [4.69, 9.17) is 0 Å². The number of fused-ring (bicyclic) bond motifs is 1. The van der Waals surface area contributed by atoms with Crippen LogP contribution >= 0.6 is 15.9 Å². The molecule has 0 spiro atoms. The number of rotatable bonds is 1. The summed E-state index contributed by atoms with van der Waals surface area (Å²) in [7, 11) is 0. The summed E-state index contributed by atoms with van der Waals surface area (Å²) in [6.45, 7) is 0. The number of aromatic nitrogens is 1. The molecule has 2 nitrogen and oxygen atoms in total. The molecule has 0 amide bonds. The largest absolute Gasteiger partial charge is 0.356 e. The standard InChI is InChI=1S/C12H9BrFNO/c13-7-3-8-11(16)5-10(6-1-2-6)15-12(8)9(14)4-7/h3-6H,1-2H2,(H,15,16). The maximum Gasteiger partial charge on any atom is 0.189 e. The minimum Gasteiger partial charge on any atom is -0.356 e. The van der Waals surface area contributed by atoms with Crippen molar-refractivity contribution in [3.05, 3.63) is 44.4 Å². The van der Waals surface area contributed by atoms with Crippen molar-refractivity contribution in [1.82, 2.24) is 4.98 Å². The van der Waals surface area contributed by atoms with Crippen molar-refractivity contribution in [1.29, 1.82) is 0 Å². The van der Waals surface area contributed by atoms with Gasteiger partial charge in [0.05, 0.1) is 5.52 Å². The van der Waals surface area contributed by atoms with Crippen LogP contribution < -0.4 is 5.43 Å². The second-order valence-corrected chi connectivity index (χ2v) is 5.09. The predicted molar refractivity (Wildman–Crippen MR) is 64.2 cm³/mol. The highest BCUT2D eigenvalue weighted by Crippen LogP contribution is 2.39. The minimum absolute atomic E-state index is 0.115. The molecule has 0 atom stereocenters. The summed E-state index contributed by atoms with van der Waals surface area (Å²) in [6, 6.07) is 4.61.